The summed E-state index contributed by atoms with van der Waals surface area (Å²) in [6.45, 7) is 2.22. The maximum atomic E-state index is 12.5. The number of carbonyl (C=O) groups is 1. The first-order valence-electron chi connectivity index (χ1n) is 7.32. The molecule has 0 atom stereocenters. The summed E-state index contributed by atoms with van der Waals surface area (Å²) >= 11 is 0. The number of hydrogen-bond donors (Lipinski definition) is 1. The highest BCUT2D eigenvalue weighted by atomic mass is 16.5. The maximum absolute atomic E-state index is 12.5. The van der Waals surface area contributed by atoms with Gasteiger partial charge in [0, 0.05) is 11.9 Å². The van der Waals surface area contributed by atoms with Crippen LogP contribution >= 0.6 is 0 Å². The average Bonchev–Trinajstić information content (AvgIpc) is 2.59. The fraction of sp³-hybridized carbons (Fsp3) is 0.167. The Morgan fingerprint density at radius 3 is 2.57 bits per heavy atom. The van der Waals surface area contributed by atoms with E-state index in [2.05, 4.69) is 15.3 Å². The van der Waals surface area contributed by atoms with Crippen LogP contribution < -0.4 is 10.1 Å². The van der Waals surface area contributed by atoms with E-state index in [1.54, 1.807) is 14.0 Å². The Labute approximate surface area is 134 Å². The average molecular weight is 307 g/mol. The van der Waals surface area contributed by atoms with Crippen LogP contribution in [-0.2, 0) is 6.54 Å². The van der Waals surface area contributed by atoms with Gasteiger partial charge in [-0.25, -0.2) is 9.97 Å². The maximum Gasteiger partial charge on any atom is 0.270 e. The number of nitrogens with zero attached hydrogens (tertiary/aromatic N) is 2. The molecule has 0 aliphatic carbocycles. The number of benzene rings is 2. The summed E-state index contributed by atoms with van der Waals surface area (Å²) in [7, 11) is 1.62. The standard InChI is InChI=1S/C18H17N3O2/c1-12-20-16-6-4-3-5-15(16)17(21-12)18(22)19-11-13-7-9-14(23-2)10-8-13/h3-10H,11H2,1-2H3,(H,19,22). The molecule has 0 bridgehead atoms. The molecule has 0 saturated heterocycles. The van der Waals surface area contributed by atoms with Crippen molar-refractivity contribution in [2.45, 2.75) is 13.5 Å². The van der Waals surface area contributed by atoms with Gasteiger partial charge in [0.05, 0.1) is 12.6 Å². The van der Waals surface area contributed by atoms with Crippen LogP contribution in [0.2, 0.25) is 0 Å². The number of hydrogen-bond acceptors (Lipinski definition) is 4. The zero-order valence-electron chi connectivity index (χ0n) is 13.0. The van der Waals surface area contributed by atoms with Crippen LogP contribution in [0, 0.1) is 6.92 Å². The fourth-order valence-electron chi connectivity index (χ4n) is 2.38. The van der Waals surface area contributed by atoms with Crippen LogP contribution in [-0.4, -0.2) is 23.0 Å². The fourth-order valence-corrected chi connectivity index (χ4v) is 2.38. The molecule has 2 aromatic carbocycles. The molecule has 0 aliphatic rings. The number of rotatable bonds is 4. The Hall–Kier alpha value is -2.95. The molecule has 5 heteroatoms. The van der Waals surface area contributed by atoms with Crippen molar-refractivity contribution >= 4 is 16.8 Å². The third-order valence-electron chi connectivity index (χ3n) is 3.54. The van der Waals surface area contributed by atoms with E-state index in [9.17, 15) is 4.79 Å². The van der Waals surface area contributed by atoms with E-state index >= 15 is 0 Å². The minimum absolute atomic E-state index is 0.206. The molecule has 5 nitrogen and oxygen atoms in total. The van der Waals surface area contributed by atoms with Crippen molar-refractivity contribution in [3.63, 3.8) is 0 Å². The largest absolute Gasteiger partial charge is 0.497 e. The van der Waals surface area contributed by atoms with Crippen molar-refractivity contribution in [2.75, 3.05) is 7.11 Å². The molecule has 3 rings (SSSR count). The molecule has 1 heterocycles. The number of aromatic nitrogens is 2. The Balaban J connectivity index is 1.80. The summed E-state index contributed by atoms with van der Waals surface area (Å²) < 4.78 is 5.12. The van der Waals surface area contributed by atoms with Crippen molar-refractivity contribution < 1.29 is 9.53 Å². The Morgan fingerprint density at radius 1 is 1.09 bits per heavy atom. The number of nitrogens with one attached hydrogen (secondary N) is 1. The van der Waals surface area contributed by atoms with E-state index < -0.39 is 0 Å². The van der Waals surface area contributed by atoms with E-state index in [1.165, 1.54) is 0 Å². The highest BCUT2D eigenvalue weighted by molar-refractivity contribution is 6.04. The predicted octanol–water partition coefficient (Wildman–Crippen LogP) is 2.88. The number of carbonyl (C=O) groups excluding carboxylic acids is 1. The van der Waals surface area contributed by atoms with Gasteiger partial charge in [0.2, 0.25) is 0 Å². The van der Waals surface area contributed by atoms with Gasteiger partial charge in [-0.05, 0) is 30.7 Å². The molecule has 0 spiro atoms. The third kappa shape index (κ3) is 3.29. The summed E-state index contributed by atoms with van der Waals surface area (Å²) in [5, 5.41) is 3.66. The van der Waals surface area contributed by atoms with E-state index in [-0.39, 0.29) is 5.91 Å². The number of aryl methyl sites for hydroxylation is 1. The quantitative estimate of drug-likeness (QED) is 0.805. The summed E-state index contributed by atoms with van der Waals surface area (Å²) in [6.07, 6.45) is 0. The van der Waals surface area contributed by atoms with E-state index in [1.807, 2.05) is 48.5 Å². The van der Waals surface area contributed by atoms with Gasteiger partial charge in [-0.3, -0.25) is 4.79 Å². The molecule has 1 aromatic heterocycles. The van der Waals surface area contributed by atoms with Crippen molar-refractivity contribution in [1.82, 2.24) is 15.3 Å². The minimum atomic E-state index is -0.206. The van der Waals surface area contributed by atoms with Crippen LogP contribution in [0.5, 0.6) is 5.75 Å². The van der Waals surface area contributed by atoms with Gasteiger partial charge in [-0.1, -0.05) is 30.3 Å². The number of methoxy groups -OCH3 is 1. The van der Waals surface area contributed by atoms with Crippen LogP contribution in [0.4, 0.5) is 0 Å². The first-order valence-corrected chi connectivity index (χ1v) is 7.32. The number of ether oxygens (including phenoxy) is 1. The SMILES string of the molecule is COc1ccc(CNC(=O)c2nc(C)nc3ccccc23)cc1. The number of fused-ring (bicyclic) bond motifs is 1. The normalized spacial score (nSPS) is 10.5. The monoisotopic (exact) mass is 307 g/mol. The second-order valence-electron chi connectivity index (χ2n) is 5.17. The predicted molar refractivity (Wildman–Crippen MR) is 88.4 cm³/mol. The van der Waals surface area contributed by atoms with Gasteiger partial charge in [-0.15, -0.1) is 0 Å². The highest BCUT2D eigenvalue weighted by Gasteiger charge is 2.13. The molecule has 116 valence electrons. The smallest absolute Gasteiger partial charge is 0.270 e. The minimum Gasteiger partial charge on any atom is -0.497 e. The van der Waals surface area contributed by atoms with Crippen LogP contribution in [0.25, 0.3) is 10.9 Å². The van der Waals surface area contributed by atoms with Crippen LogP contribution in [0.15, 0.2) is 48.5 Å². The number of amides is 1. The Morgan fingerprint density at radius 2 is 1.83 bits per heavy atom. The second kappa shape index (κ2) is 6.44. The lowest BCUT2D eigenvalue weighted by Crippen LogP contribution is -2.24. The van der Waals surface area contributed by atoms with Gasteiger partial charge in [0.1, 0.15) is 17.3 Å². The van der Waals surface area contributed by atoms with Gasteiger partial charge >= 0.3 is 0 Å². The molecule has 1 amide bonds. The molecule has 0 saturated carbocycles. The zero-order chi connectivity index (χ0) is 16.2. The van der Waals surface area contributed by atoms with Crippen molar-refractivity contribution in [1.29, 1.82) is 0 Å². The molecule has 23 heavy (non-hydrogen) atoms. The molecular weight excluding hydrogens is 290 g/mol. The lowest BCUT2D eigenvalue weighted by molar-refractivity contribution is 0.0947. The Kier molecular flexibility index (Phi) is 4.19. The molecule has 1 N–H and O–H groups in total. The zero-order valence-corrected chi connectivity index (χ0v) is 13.0. The van der Waals surface area contributed by atoms with Crippen molar-refractivity contribution in [3.8, 4) is 5.75 Å². The molecule has 0 aliphatic heterocycles. The summed E-state index contributed by atoms with van der Waals surface area (Å²) in [5.74, 6) is 1.17. The Bertz CT molecular complexity index is 845. The topological polar surface area (TPSA) is 64.1 Å². The first kappa shape index (κ1) is 15.0. The summed E-state index contributed by atoms with van der Waals surface area (Å²) in [4.78, 5) is 21.1. The summed E-state index contributed by atoms with van der Waals surface area (Å²) in [6, 6.07) is 15.1. The third-order valence-corrected chi connectivity index (χ3v) is 3.54. The van der Waals surface area contributed by atoms with E-state index in [0.717, 1.165) is 22.2 Å². The molecule has 3 aromatic rings. The molecule has 0 radical (unpaired) electrons. The van der Waals surface area contributed by atoms with Gasteiger partial charge in [0.15, 0.2) is 0 Å². The molecule has 0 unspecified atom stereocenters. The van der Waals surface area contributed by atoms with Crippen LogP contribution in [0.1, 0.15) is 21.9 Å². The second-order valence-corrected chi connectivity index (χ2v) is 5.17. The summed E-state index contributed by atoms with van der Waals surface area (Å²) in [5.41, 5.74) is 2.17. The lowest BCUT2D eigenvalue weighted by Gasteiger charge is -2.08. The number of para-hydroxylation sites is 1. The van der Waals surface area contributed by atoms with Gasteiger partial charge < -0.3 is 10.1 Å². The highest BCUT2D eigenvalue weighted by Crippen LogP contribution is 2.16. The van der Waals surface area contributed by atoms with Crippen LogP contribution in [0.3, 0.4) is 0 Å². The van der Waals surface area contributed by atoms with Gasteiger partial charge in [-0.2, -0.15) is 0 Å². The molecule has 0 fully saturated rings. The molecular formula is C18H17N3O2. The van der Waals surface area contributed by atoms with E-state index in [4.69, 9.17) is 4.74 Å². The first-order chi connectivity index (χ1) is 11.2. The van der Waals surface area contributed by atoms with Crippen molar-refractivity contribution in [3.05, 3.63) is 65.6 Å². The lowest BCUT2D eigenvalue weighted by atomic mass is 10.1. The van der Waals surface area contributed by atoms with Crippen molar-refractivity contribution in [2.24, 2.45) is 0 Å². The van der Waals surface area contributed by atoms with Gasteiger partial charge in [0.25, 0.3) is 5.91 Å². The van der Waals surface area contributed by atoms with E-state index in [0.29, 0.717) is 18.1 Å².